The molecule has 0 bridgehead atoms. The van der Waals surface area contributed by atoms with Gasteiger partial charge in [-0.3, -0.25) is 9.59 Å². The fraction of sp³-hybridized carbons (Fsp3) is 0.300. The normalized spacial score (nSPS) is 10.5. The molecule has 2 heterocycles. The summed E-state index contributed by atoms with van der Waals surface area (Å²) in [5.74, 6) is -0.835. The zero-order valence-electron chi connectivity index (χ0n) is 10.1. The Morgan fingerprint density at radius 2 is 2.05 bits per heavy atom. The van der Waals surface area contributed by atoms with Crippen molar-refractivity contribution in [2.75, 3.05) is 0 Å². The number of nitrogens with zero attached hydrogens (tertiary/aromatic N) is 4. The van der Waals surface area contributed by atoms with Gasteiger partial charge >= 0.3 is 17.9 Å². The highest BCUT2D eigenvalue weighted by atomic mass is 35.5. The molecule has 0 aliphatic rings. The van der Waals surface area contributed by atoms with Gasteiger partial charge in [-0.1, -0.05) is 11.6 Å². The molecule has 8 nitrogen and oxygen atoms in total. The minimum atomic E-state index is -0.549. The summed E-state index contributed by atoms with van der Waals surface area (Å²) >= 11 is 5.97. The molecule has 100 valence electrons. The summed E-state index contributed by atoms with van der Waals surface area (Å²) in [4.78, 5) is 29.5. The third-order valence-corrected chi connectivity index (χ3v) is 2.23. The molecule has 0 radical (unpaired) electrons. The van der Waals surface area contributed by atoms with Gasteiger partial charge in [0, 0.05) is 19.9 Å². The lowest BCUT2D eigenvalue weighted by Gasteiger charge is -2.02. The van der Waals surface area contributed by atoms with Gasteiger partial charge in [0.05, 0.1) is 5.69 Å². The highest BCUT2D eigenvalue weighted by molar-refractivity contribution is 6.29. The van der Waals surface area contributed by atoms with Crippen LogP contribution in [0.5, 0.6) is 6.01 Å². The molecule has 0 aliphatic carbocycles. The Morgan fingerprint density at radius 1 is 1.32 bits per heavy atom. The van der Waals surface area contributed by atoms with E-state index in [0.717, 1.165) is 0 Å². The number of carbonyl (C=O) groups excluding carboxylic acids is 2. The number of carbonyl (C=O) groups is 2. The van der Waals surface area contributed by atoms with Crippen LogP contribution in [0, 0.1) is 0 Å². The first kappa shape index (κ1) is 13.2. The highest BCUT2D eigenvalue weighted by Crippen LogP contribution is 2.15. The Morgan fingerprint density at radius 3 is 2.68 bits per heavy atom. The minimum Gasteiger partial charge on any atom is -0.459 e. The van der Waals surface area contributed by atoms with E-state index >= 15 is 0 Å². The van der Waals surface area contributed by atoms with Crippen LogP contribution in [0.15, 0.2) is 6.07 Å². The summed E-state index contributed by atoms with van der Waals surface area (Å²) < 4.78 is 10.7. The van der Waals surface area contributed by atoms with Gasteiger partial charge in [0.2, 0.25) is 0 Å². The van der Waals surface area contributed by atoms with Crippen molar-refractivity contribution < 1.29 is 19.1 Å². The number of hydrogen-bond donors (Lipinski definition) is 0. The molecule has 0 atom stereocenters. The summed E-state index contributed by atoms with van der Waals surface area (Å²) in [5.41, 5.74) is 0.412. The van der Waals surface area contributed by atoms with Crippen molar-refractivity contribution in [2.45, 2.75) is 20.5 Å². The molecule has 0 aliphatic heterocycles. The topological polar surface area (TPSA) is 95.7 Å². The molecule has 0 saturated heterocycles. The lowest BCUT2D eigenvalue weighted by atomic mass is 10.4. The average molecular weight is 285 g/mol. The molecule has 0 aromatic carbocycles. The maximum Gasteiger partial charge on any atom is 0.345 e. The number of esters is 2. The predicted octanol–water partition coefficient (Wildman–Crippen LogP) is 0.766. The van der Waals surface area contributed by atoms with E-state index in [0.29, 0.717) is 5.69 Å². The van der Waals surface area contributed by atoms with Crippen LogP contribution in [0.1, 0.15) is 19.5 Å². The van der Waals surface area contributed by atoms with Gasteiger partial charge in [0.15, 0.2) is 0 Å². The average Bonchev–Trinajstić information content (AvgIpc) is 2.68. The lowest BCUT2D eigenvalue weighted by Crippen LogP contribution is -2.03. The molecule has 2 aromatic heterocycles. The molecular weight excluding hydrogens is 276 g/mol. The van der Waals surface area contributed by atoms with Crippen LogP contribution in [0.4, 0.5) is 0 Å². The fourth-order valence-corrected chi connectivity index (χ4v) is 1.52. The Balaban J connectivity index is 2.33. The van der Waals surface area contributed by atoms with Crippen LogP contribution in [-0.4, -0.2) is 31.5 Å². The first-order chi connectivity index (χ1) is 8.95. The summed E-state index contributed by atoms with van der Waals surface area (Å²) in [7, 11) is 0. The molecular formula is C10H9ClN4O4. The van der Waals surface area contributed by atoms with Crippen LogP contribution in [0.3, 0.4) is 0 Å². The van der Waals surface area contributed by atoms with Gasteiger partial charge in [-0.25, -0.2) is 4.98 Å². The van der Waals surface area contributed by atoms with E-state index in [4.69, 9.17) is 21.1 Å². The quantitative estimate of drug-likeness (QED) is 0.606. The predicted molar refractivity (Wildman–Crippen MR) is 62.6 cm³/mol. The van der Waals surface area contributed by atoms with Crippen molar-refractivity contribution in [1.82, 2.24) is 19.6 Å². The molecule has 2 aromatic rings. The van der Waals surface area contributed by atoms with E-state index < -0.39 is 11.9 Å². The standard InChI is InChI=1S/C10H9ClN4O4/c1-5(16)18-4-7-3-8(11)15-9(12-7)13-10(14-15)19-6(2)17/h3H,4H2,1-2H3. The second-order valence-electron chi connectivity index (χ2n) is 3.55. The van der Waals surface area contributed by atoms with Crippen molar-refractivity contribution in [3.8, 4) is 6.01 Å². The first-order valence-corrected chi connectivity index (χ1v) is 5.57. The summed E-state index contributed by atoms with van der Waals surface area (Å²) in [6.45, 7) is 2.49. The molecule has 0 fully saturated rings. The molecule has 19 heavy (non-hydrogen) atoms. The smallest absolute Gasteiger partial charge is 0.345 e. The largest absolute Gasteiger partial charge is 0.459 e. The van der Waals surface area contributed by atoms with Crippen molar-refractivity contribution in [3.63, 3.8) is 0 Å². The van der Waals surface area contributed by atoms with E-state index in [1.807, 2.05) is 0 Å². The van der Waals surface area contributed by atoms with Gasteiger partial charge in [-0.2, -0.15) is 9.50 Å². The number of rotatable bonds is 3. The first-order valence-electron chi connectivity index (χ1n) is 5.19. The zero-order valence-corrected chi connectivity index (χ0v) is 10.8. The van der Waals surface area contributed by atoms with Crippen molar-refractivity contribution in [3.05, 3.63) is 16.9 Å². The molecule has 0 saturated carbocycles. The fourth-order valence-electron chi connectivity index (χ4n) is 1.28. The van der Waals surface area contributed by atoms with E-state index in [9.17, 15) is 9.59 Å². The Labute approximate surface area is 112 Å². The number of aromatic nitrogens is 4. The third-order valence-electron chi connectivity index (χ3n) is 1.96. The van der Waals surface area contributed by atoms with Crippen LogP contribution in [-0.2, 0) is 20.9 Å². The highest BCUT2D eigenvalue weighted by Gasteiger charge is 2.12. The number of halogens is 1. The van der Waals surface area contributed by atoms with Crippen LogP contribution in [0.25, 0.3) is 5.78 Å². The van der Waals surface area contributed by atoms with Gasteiger partial charge < -0.3 is 9.47 Å². The van der Waals surface area contributed by atoms with Crippen LogP contribution >= 0.6 is 11.6 Å². The van der Waals surface area contributed by atoms with Gasteiger partial charge in [-0.05, 0) is 0 Å². The SMILES string of the molecule is CC(=O)OCc1cc(Cl)n2nc(OC(C)=O)nc2n1. The molecule has 0 amide bonds. The van der Waals surface area contributed by atoms with Crippen LogP contribution in [0.2, 0.25) is 5.15 Å². The number of hydrogen-bond acceptors (Lipinski definition) is 7. The molecule has 0 N–H and O–H groups in total. The van der Waals surface area contributed by atoms with Gasteiger partial charge in [-0.15, -0.1) is 5.10 Å². The Kier molecular flexibility index (Phi) is 3.61. The number of ether oxygens (including phenoxy) is 2. The minimum absolute atomic E-state index is 0.0265. The third kappa shape index (κ3) is 3.16. The zero-order chi connectivity index (χ0) is 14.0. The van der Waals surface area contributed by atoms with E-state index in [1.54, 1.807) is 0 Å². The van der Waals surface area contributed by atoms with E-state index in [1.165, 1.54) is 24.4 Å². The van der Waals surface area contributed by atoms with Crippen molar-refractivity contribution >= 4 is 29.3 Å². The van der Waals surface area contributed by atoms with E-state index in [-0.39, 0.29) is 23.5 Å². The Hall–Kier alpha value is -2.22. The Bertz CT molecular complexity index is 654. The monoisotopic (exact) mass is 284 g/mol. The molecule has 9 heteroatoms. The molecule has 2 rings (SSSR count). The lowest BCUT2D eigenvalue weighted by molar-refractivity contribution is -0.142. The summed E-state index contributed by atoms with van der Waals surface area (Å²) in [5, 5.41) is 4.06. The van der Waals surface area contributed by atoms with Crippen LogP contribution < -0.4 is 4.74 Å². The van der Waals surface area contributed by atoms with Crippen molar-refractivity contribution in [2.24, 2.45) is 0 Å². The van der Waals surface area contributed by atoms with E-state index in [2.05, 4.69) is 15.1 Å². The molecule has 0 spiro atoms. The maximum absolute atomic E-state index is 10.8. The second-order valence-corrected chi connectivity index (χ2v) is 3.94. The summed E-state index contributed by atoms with van der Waals surface area (Å²) in [6.07, 6.45) is 0. The second kappa shape index (κ2) is 5.19. The van der Waals surface area contributed by atoms with Crippen molar-refractivity contribution in [1.29, 1.82) is 0 Å². The number of fused-ring (bicyclic) bond motifs is 1. The molecule has 0 unspecified atom stereocenters. The van der Waals surface area contributed by atoms with Gasteiger partial charge in [0.1, 0.15) is 11.8 Å². The maximum atomic E-state index is 10.8. The summed E-state index contributed by atoms with van der Waals surface area (Å²) in [6, 6.07) is 1.33. The van der Waals surface area contributed by atoms with Gasteiger partial charge in [0.25, 0.3) is 5.78 Å².